The van der Waals surface area contributed by atoms with Crippen LogP contribution >= 0.6 is 11.3 Å². The van der Waals surface area contributed by atoms with Gasteiger partial charge in [-0.25, -0.2) is 0 Å². The lowest BCUT2D eigenvalue weighted by Crippen LogP contribution is -2.16. The highest BCUT2D eigenvalue weighted by molar-refractivity contribution is 7.25. The molecule has 1 heterocycles. The minimum Gasteiger partial charge on any atom is -0.310 e. The van der Waals surface area contributed by atoms with Gasteiger partial charge in [0.25, 0.3) is 0 Å². The second kappa shape index (κ2) is 14.6. The first-order valence-electron chi connectivity index (χ1n) is 22.6. The fourth-order valence-corrected chi connectivity index (χ4v) is 12.1. The number of fused-ring (bicyclic) bond motifs is 16. The van der Waals surface area contributed by atoms with Crippen LogP contribution in [-0.2, 0) is 5.41 Å². The largest absolute Gasteiger partial charge is 0.310 e. The van der Waals surface area contributed by atoms with E-state index in [2.05, 4.69) is 243 Å². The van der Waals surface area contributed by atoms with Gasteiger partial charge in [0.05, 0.1) is 5.69 Å². The van der Waals surface area contributed by atoms with Gasteiger partial charge < -0.3 is 4.90 Å². The zero-order valence-electron chi connectivity index (χ0n) is 36.2. The maximum absolute atomic E-state index is 2.51. The minimum atomic E-state index is -0.156. The van der Waals surface area contributed by atoms with Gasteiger partial charge in [-0.3, -0.25) is 0 Å². The third-order valence-electron chi connectivity index (χ3n) is 14.1. The van der Waals surface area contributed by atoms with Gasteiger partial charge in [-0.2, -0.15) is 0 Å². The van der Waals surface area contributed by atoms with Crippen LogP contribution in [0.1, 0.15) is 25.0 Å². The first-order chi connectivity index (χ1) is 32.0. The SMILES string of the molecule is CC1(C)c2ccccc2-c2ccc(N(c3ccc4c5ccccc5c5ccccc5c5ccccc5c5cc6sc7ccccc7c6cc5c4c3)c3ccccc3-c3ccccc3)cc21. The second-order valence-corrected chi connectivity index (χ2v) is 19.1. The molecule has 0 atom stereocenters. The Hall–Kier alpha value is -7.78. The van der Waals surface area contributed by atoms with Crippen LogP contribution in [0.5, 0.6) is 0 Å². The molecular formula is C63H43NS. The number of para-hydroxylation sites is 1. The van der Waals surface area contributed by atoms with Crippen molar-refractivity contribution in [1.82, 2.24) is 0 Å². The van der Waals surface area contributed by atoms with E-state index >= 15 is 0 Å². The van der Waals surface area contributed by atoms with Gasteiger partial charge >= 0.3 is 0 Å². The molecule has 65 heavy (non-hydrogen) atoms. The van der Waals surface area contributed by atoms with Crippen molar-refractivity contribution in [2.24, 2.45) is 0 Å². The van der Waals surface area contributed by atoms with Gasteiger partial charge in [-0.05, 0) is 130 Å². The Bertz CT molecular complexity index is 3990. The summed E-state index contributed by atoms with van der Waals surface area (Å²) in [6, 6.07) is 83.9. The number of rotatable bonds is 4. The van der Waals surface area contributed by atoms with E-state index in [1.165, 1.54) is 107 Å². The smallest absolute Gasteiger partial charge is 0.0540 e. The number of nitrogens with zero attached hydrogens (tertiary/aromatic N) is 1. The number of hydrogen-bond donors (Lipinski definition) is 0. The number of thiophene rings is 1. The van der Waals surface area contributed by atoms with Crippen molar-refractivity contribution in [2.75, 3.05) is 4.90 Å². The van der Waals surface area contributed by atoms with Crippen molar-refractivity contribution in [2.45, 2.75) is 19.3 Å². The molecule has 12 aromatic rings. The van der Waals surface area contributed by atoms with Gasteiger partial charge in [0.2, 0.25) is 0 Å². The first-order valence-corrected chi connectivity index (χ1v) is 23.4. The Morgan fingerprint density at radius 2 is 0.785 bits per heavy atom. The molecule has 1 aliphatic carbocycles. The normalized spacial score (nSPS) is 12.9. The van der Waals surface area contributed by atoms with Crippen molar-refractivity contribution in [1.29, 1.82) is 0 Å². The number of benzene rings is 10. The topological polar surface area (TPSA) is 3.24 Å². The van der Waals surface area contributed by atoms with E-state index in [1.54, 1.807) is 0 Å². The van der Waals surface area contributed by atoms with E-state index in [1.807, 2.05) is 11.3 Å². The molecule has 0 saturated heterocycles. The van der Waals surface area contributed by atoms with E-state index < -0.39 is 0 Å². The Labute approximate surface area is 382 Å². The third-order valence-corrected chi connectivity index (χ3v) is 15.2. The molecule has 11 aromatic carbocycles. The monoisotopic (exact) mass is 845 g/mol. The Morgan fingerprint density at radius 3 is 1.48 bits per heavy atom. The van der Waals surface area contributed by atoms with Crippen LogP contribution < -0.4 is 4.90 Å². The Morgan fingerprint density at radius 1 is 0.308 bits per heavy atom. The summed E-state index contributed by atoms with van der Waals surface area (Å²) in [5.41, 5.74) is 10.9. The Kier molecular flexibility index (Phi) is 8.50. The molecular weight excluding hydrogens is 803 g/mol. The van der Waals surface area contributed by atoms with E-state index in [0.717, 1.165) is 17.1 Å². The first kappa shape index (κ1) is 37.7. The molecule has 0 spiro atoms. The van der Waals surface area contributed by atoms with Crippen LogP contribution in [0, 0.1) is 0 Å². The lowest BCUT2D eigenvalue weighted by molar-refractivity contribution is 0.660. The van der Waals surface area contributed by atoms with Gasteiger partial charge in [0.15, 0.2) is 0 Å². The van der Waals surface area contributed by atoms with E-state index in [9.17, 15) is 0 Å². The van der Waals surface area contributed by atoms with Crippen molar-refractivity contribution < 1.29 is 0 Å². The summed E-state index contributed by atoms with van der Waals surface area (Å²) in [5.74, 6) is 0. The van der Waals surface area contributed by atoms with Crippen LogP contribution in [0.3, 0.4) is 0 Å². The Balaban J connectivity index is 1.21. The van der Waals surface area contributed by atoms with Crippen LogP contribution in [0.2, 0.25) is 0 Å². The van der Waals surface area contributed by atoms with E-state index in [0.29, 0.717) is 0 Å². The second-order valence-electron chi connectivity index (χ2n) is 18.0. The fourth-order valence-electron chi connectivity index (χ4n) is 11.0. The summed E-state index contributed by atoms with van der Waals surface area (Å²) >= 11 is 1.88. The molecule has 1 aliphatic rings. The summed E-state index contributed by atoms with van der Waals surface area (Å²) in [5, 5.41) is 14.8. The highest BCUT2D eigenvalue weighted by Crippen LogP contribution is 2.52. The minimum absolute atomic E-state index is 0.156. The molecule has 1 nitrogen and oxygen atoms in total. The quantitative estimate of drug-likeness (QED) is 0.171. The van der Waals surface area contributed by atoms with Crippen LogP contribution in [0.15, 0.2) is 224 Å². The van der Waals surface area contributed by atoms with Crippen molar-refractivity contribution in [3.8, 4) is 22.3 Å². The summed E-state index contributed by atoms with van der Waals surface area (Å²) in [6.07, 6.45) is 0. The average Bonchev–Trinajstić information content (AvgIpc) is 3.84. The van der Waals surface area contributed by atoms with Gasteiger partial charge in [0.1, 0.15) is 0 Å². The van der Waals surface area contributed by atoms with Crippen LogP contribution in [0.25, 0.3) is 96.3 Å². The summed E-state index contributed by atoms with van der Waals surface area (Å²) in [7, 11) is 0. The molecule has 0 fully saturated rings. The van der Waals surface area contributed by atoms with Crippen molar-refractivity contribution in [3.05, 3.63) is 236 Å². The predicted octanol–water partition coefficient (Wildman–Crippen LogP) is 18.4. The van der Waals surface area contributed by atoms with Gasteiger partial charge in [0, 0.05) is 42.5 Å². The van der Waals surface area contributed by atoms with Crippen molar-refractivity contribution >= 4 is 102 Å². The van der Waals surface area contributed by atoms with E-state index in [-0.39, 0.29) is 5.41 Å². The molecule has 306 valence electrons. The zero-order valence-corrected chi connectivity index (χ0v) is 37.0. The highest BCUT2D eigenvalue weighted by atomic mass is 32.1. The highest BCUT2D eigenvalue weighted by Gasteiger charge is 2.36. The molecule has 0 bridgehead atoms. The maximum atomic E-state index is 2.51. The van der Waals surface area contributed by atoms with Crippen molar-refractivity contribution in [3.63, 3.8) is 0 Å². The van der Waals surface area contributed by atoms with Crippen LogP contribution in [0.4, 0.5) is 17.1 Å². The summed E-state index contributed by atoms with van der Waals surface area (Å²) < 4.78 is 2.60. The third kappa shape index (κ3) is 5.84. The molecule has 13 rings (SSSR count). The molecule has 2 heteroatoms. The predicted molar refractivity (Wildman–Crippen MR) is 282 cm³/mol. The molecule has 1 aromatic heterocycles. The molecule has 0 unspecified atom stereocenters. The maximum Gasteiger partial charge on any atom is 0.0540 e. The van der Waals surface area contributed by atoms with E-state index in [4.69, 9.17) is 0 Å². The standard InChI is InChI=1S/C63H43NS/c1-63(2)58-29-15-12-27-51(58)52-35-33-42(37-59(52)63)64(60-30-16-13-20-43(60)40-18-4-3-5-19-40)41-32-34-50-48-25-9-8-23-46(48)44-21-6-7-22-45(44)47-24-10-11-26-49(47)56-39-62-57(38-55(56)54(50)36-41)53-28-14-17-31-61(53)65-62/h3-39H,1-2H3. The van der Waals surface area contributed by atoms with Gasteiger partial charge in [-0.1, -0.05) is 190 Å². The molecule has 0 saturated carbocycles. The lowest BCUT2D eigenvalue weighted by Gasteiger charge is -2.30. The van der Waals surface area contributed by atoms with Crippen LogP contribution in [-0.4, -0.2) is 0 Å². The molecule has 0 amide bonds. The lowest BCUT2D eigenvalue weighted by atomic mass is 9.82. The van der Waals surface area contributed by atoms with Gasteiger partial charge in [-0.15, -0.1) is 11.3 Å². The molecule has 0 aliphatic heterocycles. The average molecular weight is 846 g/mol. The number of anilines is 3. The molecule has 0 N–H and O–H groups in total. The number of hydrogen-bond acceptors (Lipinski definition) is 2. The fraction of sp³-hybridized carbons (Fsp3) is 0.0476. The summed E-state index contributed by atoms with van der Waals surface area (Å²) in [6.45, 7) is 4.75. The molecule has 0 radical (unpaired) electrons. The summed E-state index contributed by atoms with van der Waals surface area (Å²) in [4.78, 5) is 2.51. The zero-order chi connectivity index (χ0) is 43.2.